The Morgan fingerprint density at radius 2 is 1.92 bits per heavy atom. The maximum Gasteiger partial charge on any atom is 0.244 e. The smallest absolute Gasteiger partial charge is 0.244 e. The van der Waals surface area contributed by atoms with Gasteiger partial charge < -0.3 is 4.98 Å². The first-order chi connectivity index (χ1) is 11.6. The van der Waals surface area contributed by atoms with Gasteiger partial charge in [0.15, 0.2) is 0 Å². The van der Waals surface area contributed by atoms with Gasteiger partial charge in [0.1, 0.15) is 0 Å². The van der Waals surface area contributed by atoms with Gasteiger partial charge in [-0.3, -0.25) is 4.79 Å². The Bertz CT molecular complexity index is 860. The van der Waals surface area contributed by atoms with Gasteiger partial charge in [0.25, 0.3) is 0 Å². The number of rotatable bonds is 5. The van der Waals surface area contributed by atoms with E-state index >= 15 is 0 Å². The number of nitrogens with one attached hydrogen (secondary N) is 2. The number of H-pyrrole nitrogens is 1. The third-order valence-corrected chi connectivity index (χ3v) is 4.03. The first kappa shape index (κ1) is 16.0. The molecule has 0 atom stereocenters. The first-order valence-corrected chi connectivity index (χ1v) is 8.10. The van der Waals surface area contributed by atoms with Crippen molar-refractivity contribution >= 4 is 23.0 Å². The molecular formula is C20H21N3O. The van der Waals surface area contributed by atoms with Crippen molar-refractivity contribution in [1.82, 2.24) is 10.4 Å². The number of hydrogen-bond donors (Lipinski definition) is 2. The van der Waals surface area contributed by atoms with Crippen molar-refractivity contribution in [2.75, 3.05) is 0 Å². The molecule has 1 aromatic heterocycles. The molecule has 0 spiro atoms. The summed E-state index contributed by atoms with van der Waals surface area (Å²) in [5.41, 5.74) is 6.85. The standard InChI is InChI=1S/C20H21N3O/c1-14(2)16-9-7-15(8-10-16)12-22-23-20(24)11-17-13-21-19-6-4-3-5-18(17)19/h3-10,12-14,21H,11H2,1-2H3,(H,23,24)/b22-12+. The van der Waals surface area contributed by atoms with Crippen LogP contribution in [0.5, 0.6) is 0 Å². The molecule has 4 nitrogen and oxygen atoms in total. The lowest BCUT2D eigenvalue weighted by Crippen LogP contribution is -2.19. The third-order valence-electron chi connectivity index (χ3n) is 4.03. The number of para-hydroxylation sites is 1. The van der Waals surface area contributed by atoms with E-state index in [-0.39, 0.29) is 5.91 Å². The molecular weight excluding hydrogens is 298 g/mol. The molecule has 0 radical (unpaired) electrons. The highest BCUT2D eigenvalue weighted by Crippen LogP contribution is 2.18. The zero-order chi connectivity index (χ0) is 16.9. The second-order valence-corrected chi connectivity index (χ2v) is 6.15. The molecule has 2 N–H and O–H groups in total. The van der Waals surface area contributed by atoms with Gasteiger partial charge >= 0.3 is 0 Å². The van der Waals surface area contributed by atoms with E-state index in [2.05, 4.69) is 41.5 Å². The van der Waals surface area contributed by atoms with E-state index in [1.807, 2.05) is 42.6 Å². The summed E-state index contributed by atoms with van der Waals surface area (Å²) in [5.74, 6) is 0.377. The number of hydrogen-bond acceptors (Lipinski definition) is 2. The second-order valence-electron chi connectivity index (χ2n) is 6.15. The normalized spacial score (nSPS) is 11.5. The highest BCUT2D eigenvalue weighted by atomic mass is 16.2. The quantitative estimate of drug-likeness (QED) is 0.542. The highest BCUT2D eigenvalue weighted by Gasteiger charge is 2.07. The van der Waals surface area contributed by atoms with Crippen molar-refractivity contribution < 1.29 is 4.79 Å². The van der Waals surface area contributed by atoms with Crippen LogP contribution in [-0.4, -0.2) is 17.1 Å². The number of fused-ring (bicyclic) bond motifs is 1. The first-order valence-electron chi connectivity index (χ1n) is 8.10. The lowest BCUT2D eigenvalue weighted by atomic mass is 10.0. The van der Waals surface area contributed by atoms with E-state index in [0.717, 1.165) is 22.0 Å². The number of nitrogens with zero attached hydrogens (tertiary/aromatic N) is 1. The zero-order valence-corrected chi connectivity index (χ0v) is 13.9. The number of carbonyl (C=O) groups excluding carboxylic acids is 1. The van der Waals surface area contributed by atoms with Crippen LogP contribution in [0.1, 0.15) is 36.5 Å². The molecule has 0 aliphatic carbocycles. The average Bonchev–Trinajstić information content (AvgIpc) is 2.98. The Kier molecular flexibility index (Phi) is 4.75. The van der Waals surface area contributed by atoms with Crippen LogP contribution in [0.2, 0.25) is 0 Å². The fourth-order valence-corrected chi connectivity index (χ4v) is 2.64. The van der Waals surface area contributed by atoms with Crippen LogP contribution in [0.15, 0.2) is 59.8 Å². The minimum absolute atomic E-state index is 0.130. The second kappa shape index (κ2) is 7.13. The number of hydrazone groups is 1. The molecule has 0 unspecified atom stereocenters. The topological polar surface area (TPSA) is 57.2 Å². The molecule has 0 saturated carbocycles. The van der Waals surface area contributed by atoms with Crippen LogP contribution >= 0.6 is 0 Å². The lowest BCUT2D eigenvalue weighted by molar-refractivity contribution is -0.120. The van der Waals surface area contributed by atoms with Gasteiger partial charge in [0.05, 0.1) is 12.6 Å². The van der Waals surface area contributed by atoms with Crippen LogP contribution in [0.3, 0.4) is 0 Å². The maximum atomic E-state index is 12.0. The van der Waals surface area contributed by atoms with E-state index in [4.69, 9.17) is 0 Å². The molecule has 1 amide bonds. The lowest BCUT2D eigenvalue weighted by Gasteiger charge is -2.04. The maximum absolute atomic E-state index is 12.0. The van der Waals surface area contributed by atoms with Gasteiger partial charge in [0, 0.05) is 17.1 Å². The summed E-state index contributed by atoms with van der Waals surface area (Å²) < 4.78 is 0. The van der Waals surface area contributed by atoms with Crippen molar-refractivity contribution in [2.45, 2.75) is 26.2 Å². The number of carbonyl (C=O) groups is 1. The van der Waals surface area contributed by atoms with Gasteiger partial charge in [-0.2, -0.15) is 5.10 Å². The fraction of sp³-hybridized carbons (Fsp3) is 0.200. The summed E-state index contributed by atoms with van der Waals surface area (Å²) >= 11 is 0. The molecule has 4 heteroatoms. The monoisotopic (exact) mass is 319 g/mol. The molecule has 3 aromatic rings. The predicted octanol–water partition coefficient (Wildman–Crippen LogP) is 3.98. The minimum Gasteiger partial charge on any atom is -0.361 e. The van der Waals surface area contributed by atoms with Crippen LogP contribution < -0.4 is 5.43 Å². The number of aromatic amines is 1. The molecule has 3 rings (SSSR count). The summed E-state index contributed by atoms with van der Waals surface area (Å²) in [6.07, 6.45) is 3.84. The van der Waals surface area contributed by atoms with Crippen molar-refractivity contribution in [3.63, 3.8) is 0 Å². The third kappa shape index (κ3) is 3.71. The van der Waals surface area contributed by atoms with Crippen molar-refractivity contribution in [3.8, 4) is 0 Å². The van der Waals surface area contributed by atoms with E-state index in [1.54, 1.807) is 6.21 Å². The summed E-state index contributed by atoms with van der Waals surface area (Å²) in [7, 11) is 0. The van der Waals surface area contributed by atoms with Gasteiger partial charge in [0.2, 0.25) is 5.91 Å². The molecule has 122 valence electrons. The number of benzene rings is 2. The van der Waals surface area contributed by atoms with E-state index in [1.165, 1.54) is 5.56 Å². The Hall–Kier alpha value is -2.88. The summed E-state index contributed by atoms with van der Waals surface area (Å²) in [6, 6.07) is 16.1. The summed E-state index contributed by atoms with van der Waals surface area (Å²) in [6.45, 7) is 4.32. The summed E-state index contributed by atoms with van der Waals surface area (Å²) in [5, 5.41) is 5.11. The van der Waals surface area contributed by atoms with E-state index < -0.39 is 0 Å². The average molecular weight is 319 g/mol. The van der Waals surface area contributed by atoms with Gasteiger partial charge in [-0.1, -0.05) is 56.3 Å². The van der Waals surface area contributed by atoms with Gasteiger partial charge in [-0.15, -0.1) is 0 Å². The highest BCUT2D eigenvalue weighted by molar-refractivity contribution is 5.89. The zero-order valence-electron chi connectivity index (χ0n) is 13.9. The van der Waals surface area contributed by atoms with E-state index in [9.17, 15) is 4.79 Å². The Morgan fingerprint density at radius 3 is 2.67 bits per heavy atom. The van der Waals surface area contributed by atoms with Crippen molar-refractivity contribution in [3.05, 3.63) is 71.4 Å². The largest absolute Gasteiger partial charge is 0.361 e. The minimum atomic E-state index is -0.130. The fourth-order valence-electron chi connectivity index (χ4n) is 2.64. The Labute approximate surface area is 141 Å². The van der Waals surface area contributed by atoms with Gasteiger partial charge in [-0.05, 0) is 28.7 Å². The van der Waals surface area contributed by atoms with Crippen molar-refractivity contribution in [1.29, 1.82) is 0 Å². The predicted molar refractivity (Wildman–Crippen MR) is 98.3 cm³/mol. The molecule has 0 aliphatic heterocycles. The Balaban J connectivity index is 1.59. The number of amides is 1. The molecule has 0 saturated heterocycles. The SMILES string of the molecule is CC(C)c1ccc(/C=N/NC(=O)Cc2c[nH]c3ccccc23)cc1. The van der Waals surface area contributed by atoms with Gasteiger partial charge in [-0.25, -0.2) is 5.43 Å². The van der Waals surface area contributed by atoms with Crippen molar-refractivity contribution in [2.24, 2.45) is 5.10 Å². The summed E-state index contributed by atoms with van der Waals surface area (Å²) in [4.78, 5) is 15.2. The van der Waals surface area contributed by atoms with E-state index in [0.29, 0.717) is 12.3 Å². The number of aromatic nitrogens is 1. The molecule has 2 aromatic carbocycles. The van der Waals surface area contributed by atoms with Crippen LogP contribution in [-0.2, 0) is 11.2 Å². The van der Waals surface area contributed by atoms with Crippen LogP contribution in [0.4, 0.5) is 0 Å². The molecule has 24 heavy (non-hydrogen) atoms. The van der Waals surface area contributed by atoms with Crippen LogP contribution in [0, 0.1) is 0 Å². The molecule has 0 fully saturated rings. The molecule has 0 aliphatic rings. The molecule has 0 bridgehead atoms. The Morgan fingerprint density at radius 1 is 1.17 bits per heavy atom. The molecule has 1 heterocycles. The van der Waals surface area contributed by atoms with Crippen LogP contribution in [0.25, 0.3) is 10.9 Å².